The van der Waals surface area contributed by atoms with Gasteiger partial charge in [-0.25, -0.2) is 0 Å². The molecule has 1 saturated heterocycles. The number of hydrogen-bond donors (Lipinski definition) is 2. The van der Waals surface area contributed by atoms with Crippen molar-refractivity contribution in [2.75, 3.05) is 18.8 Å². The van der Waals surface area contributed by atoms with Gasteiger partial charge in [-0.2, -0.15) is 0 Å². The summed E-state index contributed by atoms with van der Waals surface area (Å²) in [5.41, 5.74) is 12.4. The summed E-state index contributed by atoms with van der Waals surface area (Å²) in [6.45, 7) is 3.37. The number of carbonyl (C=O) groups excluding carboxylic acids is 1. The lowest BCUT2D eigenvalue weighted by Gasteiger charge is -2.36. The van der Waals surface area contributed by atoms with Crippen molar-refractivity contribution in [3.63, 3.8) is 0 Å². The third-order valence-electron chi connectivity index (χ3n) is 4.06. The highest BCUT2D eigenvalue weighted by Gasteiger charge is 2.29. The van der Waals surface area contributed by atoms with Gasteiger partial charge in [0.25, 0.3) is 5.91 Å². The molecular formula is C17H21N3O2S. The van der Waals surface area contributed by atoms with Gasteiger partial charge in [-0.05, 0) is 50.1 Å². The molecule has 6 heteroatoms. The van der Waals surface area contributed by atoms with Gasteiger partial charge in [0.2, 0.25) is 0 Å². The Balaban J connectivity index is 1.66. The number of benzene rings is 1. The fraction of sp³-hybridized carbons (Fsp3) is 0.353. The molecule has 1 amide bonds. The molecule has 2 heterocycles. The molecule has 5 nitrogen and oxygen atoms in total. The maximum atomic E-state index is 12.5. The van der Waals surface area contributed by atoms with Crippen molar-refractivity contribution in [2.45, 2.75) is 35.3 Å². The van der Waals surface area contributed by atoms with Crippen molar-refractivity contribution < 1.29 is 9.21 Å². The molecule has 0 radical (unpaired) electrons. The Bertz CT molecular complexity index is 701. The summed E-state index contributed by atoms with van der Waals surface area (Å²) in [5.74, 6) is 0.303. The molecule has 0 aliphatic carbocycles. The van der Waals surface area contributed by atoms with Crippen LogP contribution in [0.25, 0.3) is 0 Å². The summed E-state index contributed by atoms with van der Waals surface area (Å²) in [6, 6.07) is 11.1. The van der Waals surface area contributed by atoms with Crippen molar-refractivity contribution in [1.29, 1.82) is 0 Å². The molecular weight excluding hydrogens is 310 g/mol. The average Bonchev–Trinajstić information content (AvgIpc) is 2.95. The molecule has 23 heavy (non-hydrogen) atoms. The third-order valence-corrected chi connectivity index (χ3v) is 4.97. The van der Waals surface area contributed by atoms with Gasteiger partial charge in [0.05, 0.1) is 0 Å². The summed E-state index contributed by atoms with van der Waals surface area (Å²) in [7, 11) is 0. The number of nitrogens with zero attached hydrogens (tertiary/aromatic N) is 1. The van der Waals surface area contributed by atoms with E-state index in [1.54, 1.807) is 6.07 Å². The number of piperidine rings is 1. The number of likely N-dealkylation sites (tertiary alicyclic amines) is 1. The van der Waals surface area contributed by atoms with Crippen LogP contribution < -0.4 is 11.5 Å². The maximum Gasteiger partial charge on any atom is 0.289 e. The van der Waals surface area contributed by atoms with Gasteiger partial charge in [-0.1, -0.05) is 17.8 Å². The zero-order valence-corrected chi connectivity index (χ0v) is 13.9. The van der Waals surface area contributed by atoms with E-state index in [4.69, 9.17) is 15.9 Å². The lowest BCUT2D eigenvalue weighted by molar-refractivity contribution is 0.0643. The van der Waals surface area contributed by atoms with Crippen LogP contribution in [-0.4, -0.2) is 29.4 Å². The minimum atomic E-state index is -0.172. The number of anilines is 1. The van der Waals surface area contributed by atoms with Gasteiger partial charge in [0, 0.05) is 29.2 Å². The van der Waals surface area contributed by atoms with Crippen molar-refractivity contribution in [1.82, 2.24) is 4.90 Å². The molecule has 4 N–H and O–H groups in total. The highest BCUT2D eigenvalue weighted by molar-refractivity contribution is 7.99. The molecule has 0 atom stereocenters. The molecule has 122 valence electrons. The highest BCUT2D eigenvalue weighted by Crippen LogP contribution is 2.31. The van der Waals surface area contributed by atoms with Crippen molar-refractivity contribution in [3.8, 4) is 0 Å². The van der Waals surface area contributed by atoms with Gasteiger partial charge in [0.1, 0.15) is 0 Å². The maximum absolute atomic E-state index is 12.5. The fourth-order valence-electron chi connectivity index (χ4n) is 2.56. The SMILES string of the molecule is CC1(N)CCN(C(=O)c2ccc(Sc3cccc(N)c3)o2)CC1. The monoisotopic (exact) mass is 331 g/mol. The number of furan rings is 1. The Morgan fingerprint density at radius 3 is 2.70 bits per heavy atom. The van der Waals surface area contributed by atoms with Crippen molar-refractivity contribution in [3.05, 3.63) is 42.2 Å². The first-order chi connectivity index (χ1) is 10.9. The van der Waals surface area contributed by atoms with E-state index < -0.39 is 0 Å². The number of rotatable bonds is 3. The first kappa shape index (κ1) is 16.0. The summed E-state index contributed by atoms with van der Waals surface area (Å²) in [4.78, 5) is 15.3. The minimum Gasteiger partial charge on any atom is -0.444 e. The van der Waals surface area contributed by atoms with Gasteiger partial charge < -0.3 is 20.8 Å². The van der Waals surface area contributed by atoms with Gasteiger partial charge >= 0.3 is 0 Å². The molecule has 1 fully saturated rings. The second-order valence-corrected chi connectivity index (χ2v) is 7.32. The third kappa shape index (κ3) is 3.89. The predicted molar refractivity (Wildman–Crippen MR) is 91.4 cm³/mol. The average molecular weight is 331 g/mol. The van der Waals surface area contributed by atoms with E-state index in [1.165, 1.54) is 11.8 Å². The number of hydrogen-bond acceptors (Lipinski definition) is 5. The Kier molecular flexibility index (Phi) is 4.37. The van der Waals surface area contributed by atoms with Crippen LogP contribution in [0.2, 0.25) is 0 Å². The highest BCUT2D eigenvalue weighted by atomic mass is 32.2. The molecule has 0 spiro atoms. The topological polar surface area (TPSA) is 85.5 Å². The Hall–Kier alpha value is -1.92. The Labute approximate surface area is 140 Å². The lowest BCUT2D eigenvalue weighted by Crippen LogP contribution is -2.49. The molecule has 1 aliphatic rings. The van der Waals surface area contributed by atoms with E-state index >= 15 is 0 Å². The molecule has 0 bridgehead atoms. The van der Waals surface area contributed by atoms with Crippen LogP contribution in [0, 0.1) is 0 Å². The van der Waals surface area contributed by atoms with Crippen molar-refractivity contribution >= 4 is 23.4 Å². The normalized spacial score (nSPS) is 17.2. The zero-order chi connectivity index (χ0) is 16.4. The van der Waals surface area contributed by atoms with E-state index in [-0.39, 0.29) is 11.4 Å². The molecule has 3 rings (SSSR count). The largest absolute Gasteiger partial charge is 0.444 e. The zero-order valence-electron chi connectivity index (χ0n) is 13.1. The van der Waals surface area contributed by atoms with Crippen LogP contribution in [0.15, 0.2) is 50.8 Å². The number of nitrogen functional groups attached to an aromatic ring is 1. The van der Waals surface area contributed by atoms with Crippen LogP contribution in [0.1, 0.15) is 30.3 Å². The second-order valence-electron chi connectivity index (χ2n) is 6.24. The lowest BCUT2D eigenvalue weighted by atomic mass is 9.91. The quantitative estimate of drug-likeness (QED) is 0.845. The molecule has 2 aromatic rings. The van der Waals surface area contributed by atoms with Crippen LogP contribution in [-0.2, 0) is 0 Å². The summed E-state index contributed by atoms with van der Waals surface area (Å²) in [6.07, 6.45) is 1.62. The number of nitrogens with two attached hydrogens (primary N) is 2. The van der Waals surface area contributed by atoms with E-state index in [9.17, 15) is 4.79 Å². The summed E-state index contributed by atoms with van der Waals surface area (Å²) >= 11 is 1.45. The molecule has 1 aromatic heterocycles. The van der Waals surface area contributed by atoms with E-state index in [0.29, 0.717) is 29.6 Å². The van der Waals surface area contributed by atoms with Crippen LogP contribution >= 0.6 is 11.8 Å². The van der Waals surface area contributed by atoms with Crippen molar-refractivity contribution in [2.24, 2.45) is 5.73 Å². The number of amides is 1. The molecule has 0 saturated carbocycles. The molecule has 1 aromatic carbocycles. The van der Waals surface area contributed by atoms with Crippen LogP contribution in [0.4, 0.5) is 5.69 Å². The van der Waals surface area contributed by atoms with E-state index in [0.717, 1.165) is 17.7 Å². The van der Waals surface area contributed by atoms with E-state index in [1.807, 2.05) is 42.2 Å². The van der Waals surface area contributed by atoms with Gasteiger partial charge in [0.15, 0.2) is 10.9 Å². The Morgan fingerprint density at radius 2 is 2.00 bits per heavy atom. The molecule has 1 aliphatic heterocycles. The van der Waals surface area contributed by atoms with Gasteiger partial charge in [-0.3, -0.25) is 4.79 Å². The van der Waals surface area contributed by atoms with Crippen LogP contribution in [0.5, 0.6) is 0 Å². The van der Waals surface area contributed by atoms with Gasteiger partial charge in [-0.15, -0.1) is 0 Å². The predicted octanol–water partition coefficient (Wildman–Crippen LogP) is 2.97. The smallest absolute Gasteiger partial charge is 0.289 e. The molecule has 0 unspecified atom stereocenters. The van der Waals surface area contributed by atoms with Crippen LogP contribution in [0.3, 0.4) is 0 Å². The summed E-state index contributed by atoms with van der Waals surface area (Å²) < 4.78 is 5.69. The Morgan fingerprint density at radius 1 is 1.26 bits per heavy atom. The minimum absolute atomic E-state index is 0.0695. The van der Waals surface area contributed by atoms with E-state index in [2.05, 4.69) is 0 Å². The standard InChI is InChI=1S/C17H21N3O2S/c1-17(19)7-9-20(10-8-17)16(21)14-5-6-15(22-14)23-13-4-2-3-12(18)11-13/h2-6,11H,7-10,18-19H2,1H3. The first-order valence-corrected chi connectivity index (χ1v) is 8.46. The first-order valence-electron chi connectivity index (χ1n) is 7.64. The number of carbonyl (C=O) groups is 1. The fourth-order valence-corrected chi connectivity index (χ4v) is 3.40. The second kappa shape index (κ2) is 6.29. The summed E-state index contributed by atoms with van der Waals surface area (Å²) in [5, 5.41) is 0.680.